The monoisotopic (exact) mass is 620 g/mol. The molecule has 0 aromatic heterocycles. The van der Waals surface area contributed by atoms with E-state index in [1.807, 2.05) is 6.92 Å². The topological polar surface area (TPSA) is 130 Å². The second-order valence-corrected chi connectivity index (χ2v) is 11.7. The molecule has 0 saturated heterocycles. The van der Waals surface area contributed by atoms with Gasteiger partial charge in [-0.15, -0.1) is 0 Å². The Morgan fingerprint density at radius 1 is 0.951 bits per heavy atom. The predicted molar refractivity (Wildman–Crippen MR) is 158 cm³/mol. The number of nitro groups is 1. The van der Waals surface area contributed by atoms with Crippen LogP contribution < -0.4 is 9.62 Å². The summed E-state index contributed by atoms with van der Waals surface area (Å²) in [5, 5.41) is 14.6. The van der Waals surface area contributed by atoms with E-state index >= 15 is 0 Å². The minimum Gasteiger partial charge on any atom is -0.354 e. The molecule has 41 heavy (non-hydrogen) atoms. The van der Waals surface area contributed by atoms with E-state index in [0.29, 0.717) is 18.5 Å². The van der Waals surface area contributed by atoms with Crippen molar-refractivity contribution < 1.29 is 22.9 Å². The van der Waals surface area contributed by atoms with Crippen LogP contribution in [0.1, 0.15) is 32.3 Å². The minimum atomic E-state index is -4.31. The first-order valence-corrected chi connectivity index (χ1v) is 15.0. The van der Waals surface area contributed by atoms with Crippen molar-refractivity contribution in [1.82, 2.24) is 10.2 Å². The quantitative estimate of drug-likeness (QED) is 0.200. The van der Waals surface area contributed by atoms with Gasteiger partial charge in [-0.1, -0.05) is 61.3 Å². The van der Waals surface area contributed by atoms with E-state index in [1.165, 1.54) is 29.2 Å². The Bertz CT molecular complexity index is 1470. The number of hydrogen-bond donors (Lipinski definition) is 1. The summed E-state index contributed by atoms with van der Waals surface area (Å²) >= 11 is 12.8. The number of rotatable bonds is 13. The molecule has 1 N–H and O–H groups in total. The van der Waals surface area contributed by atoms with E-state index in [4.69, 9.17) is 23.2 Å². The molecule has 0 aliphatic rings. The fourth-order valence-electron chi connectivity index (χ4n) is 4.13. The lowest BCUT2D eigenvalue weighted by molar-refractivity contribution is -0.384. The van der Waals surface area contributed by atoms with Crippen LogP contribution in [-0.4, -0.2) is 49.2 Å². The van der Waals surface area contributed by atoms with Crippen molar-refractivity contribution in [3.8, 4) is 0 Å². The Labute approximate surface area is 249 Å². The molecule has 0 unspecified atom stereocenters. The number of carbonyl (C=O) groups excluding carboxylic acids is 2. The molecule has 0 radical (unpaired) electrons. The zero-order valence-electron chi connectivity index (χ0n) is 22.5. The van der Waals surface area contributed by atoms with Crippen LogP contribution in [0.5, 0.6) is 0 Å². The molecular weight excluding hydrogens is 591 g/mol. The number of nitro benzene ring substituents is 1. The van der Waals surface area contributed by atoms with Gasteiger partial charge < -0.3 is 10.2 Å². The van der Waals surface area contributed by atoms with Crippen LogP contribution in [0, 0.1) is 10.1 Å². The van der Waals surface area contributed by atoms with Crippen molar-refractivity contribution in [3.05, 3.63) is 98.5 Å². The maximum Gasteiger partial charge on any atom is 0.269 e. The van der Waals surface area contributed by atoms with E-state index in [9.17, 15) is 28.1 Å². The molecule has 0 bridgehead atoms. The first kappa shape index (κ1) is 31.9. The van der Waals surface area contributed by atoms with Crippen LogP contribution in [0.25, 0.3) is 0 Å². The Morgan fingerprint density at radius 3 is 2.10 bits per heavy atom. The summed E-state index contributed by atoms with van der Waals surface area (Å²) in [6.07, 6.45) is 0.905. The van der Waals surface area contributed by atoms with Crippen LogP contribution in [0.15, 0.2) is 77.7 Å². The Balaban J connectivity index is 2.10. The summed E-state index contributed by atoms with van der Waals surface area (Å²) in [4.78, 5) is 38.9. The highest BCUT2D eigenvalue weighted by Gasteiger charge is 2.34. The van der Waals surface area contributed by atoms with E-state index in [1.54, 1.807) is 43.3 Å². The second-order valence-electron chi connectivity index (χ2n) is 9.04. The third-order valence-electron chi connectivity index (χ3n) is 6.28. The highest BCUT2D eigenvalue weighted by Crippen LogP contribution is 2.29. The minimum absolute atomic E-state index is 0.0343. The van der Waals surface area contributed by atoms with E-state index in [0.717, 1.165) is 16.4 Å². The van der Waals surface area contributed by atoms with Gasteiger partial charge >= 0.3 is 0 Å². The van der Waals surface area contributed by atoms with Gasteiger partial charge in [0.15, 0.2) is 0 Å². The van der Waals surface area contributed by atoms with Gasteiger partial charge in [-0.05, 0) is 49.2 Å². The molecule has 3 aromatic rings. The molecule has 0 spiro atoms. The number of nitrogens with zero attached hydrogens (tertiary/aromatic N) is 3. The zero-order chi connectivity index (χ0) is 30.2. The summed E-state index contributed by atoms with van der Waals surface area (Å²) in [5.41, 5.74) is 0.191. The van der Waals surface area contributed by atoms with Crippen LogP contribution in [0.3, 0.4) is 0 Å². The summed E-state index contributed by atoms with van der Waals surface area (Å²) in [6, 6.07) is 16.2. The molecule has 0 fully saturated rings. The summed E-state index contributed by atoms with van der Waals surface area (Å²) in [7, 11) is -4.31. The first-order chi connectivity index (χ1) is 19.5. The predicted octanol–water partition coefficient (Wildman–Crippen LogP) is 5.43. The van der Waals surface area contributed by atoms with Crippen molar-refractivity contribution >= 4 is 56.4 Å². The zero-order valence-corrected chi connectivity index (χ0v) is 24.8. The van der Waals surface area contributed by atoms with Gasteiger partial charge in [0, 0.05) is 40.8 Å². The van der Waals surface area contributed by atoms with Crippen LogP contribution >= 0.6 is 23.2 Å². The van der Waals surface area contributed by atoms with Crippen molar-refractivity contribution in [2.75, 3.05) is 17.4 Å². The largest absolute Gasteiger partial charge is 0.354 e. The van der Waals surface area contributed by atoms with E-state index in [2.05, 4.69) is 5.32 Å². The molecule has 218 valence electrons. The standard InChI is InChI=1S/C28H30Cl2N4O6S/c1-3-17-31-28(36)26(4-2)32(18-23-24(29)11-8-12-25(23)30)27(35)19-33(20-13-15-21(16-14-20)34(37)38)41(39,40)22-9-6-5-7-10-22/h5-16,26H,3-4,17-19H2,1-2H3,(H,31,36)/t26-/m1/s1. The summed E-state index contributed by atoms with van der Waals surface area (Å²) in [5.74, 6) is -1.10. The van der Waals surface area contributed by atoms with Gasteiger partial charge in [0.1, 0.15) is 12.6 Å². The molecule has 0 aliphatic carbocycles. The number of nitrogens with one attached hydrogen (secondary N) is 1. The second kappa shape index (κ2) is 14.3. The average molecular weight is 622 g/mol. The van der Waals surface area contributed by atoms with Gasteiger partial charge in [0.2, 0.25) is 11.8 Å². The lowest BCUT2D eigenvalue weighted by Gasteiger charge is -2.33. The maximum absolute atomic E-state index is 14.0. The number of hydrogen-bond acceptors (Lipinski definition) is 6. The Morgan fingerprint density at radius 2 is 1.56 bits per heavy atom. The smallest absolute Gasteiger partial charge is 0.269 e. The van der Waals surface area contributed by atoms with Gasteiger partial charge in [-0.2, -0.15) is 0 Å². The molecule has 3 aromatic carbocycles. The average Bonchev–Trinajstić information content (AvgIpc) is 2.96. The highest BCUT2D eigenvalue weighted by atomic mass is 35.5. The van der Waals surface area contributed by atoms with E-state index in [-0.39, 0.29) is 39.3 Å². The van der Waals surface area contributed by atoms with E-state index < -0.39 is 39.3 Å². The first-order valence-electron chi connectivity index (χ1n) is 12.8. The molecule has 0 saturated carbocycles. The fraction of sp³-hybridized carbons (Fsp3) is 0.286. The number of halogens is 2. The van der Waals surface area contributed by atoms with Gasteiger partial charge in [-0.3, -0.25) is 24.0 Å². The number of benzene rings is 3. The number of amides is 2. The number of sulfonamides is 1. The maximum atomic E-state index is 14.0. The van der Waals surface area contributed by atoms with Crippen LogP contribution in [0.2, 0.25) is 10.0 Å². The van der Waals surface area contributed by atoms with Crippen molar-refractivity contribution in [1.29, 1.82) is 0 Å². The highest BCUT2D eigenvalue weighted by molar-refractivity contribution is 7.92. The lowest BCUT2D eigenvalue weighted by Crippen LogP contribution is -2.52. The molecule has 0 heterocycles. The third kappa shape index (κ3) is 7.75. The third-order valence-corrected chi connectivity index (χ3v) is 8.78. The molecule has 3 rings (SSSR count). The van der Waals surface area contributed by atoms with Crippen LogP contribution in [-0.2, 0) is 26.2 Å². The molecule has 1 atom stereocenters. The fourth-order valence-corrected chi connectivity index (χ4v) is 6.08. The Hall–Kier alpha value is -3.67. The number of non-ortho nitro benzene ring substituents is 1. The van der Waals surface area contributed by atoms with Crippen molar-refractivity contribution in [2.45, 2.75) is 44.2 Å². The Kier molecular flexibility index (Phi) is 11.1. The van der Waals surface area contributed by atoms with Crippen LogP contribution in [0.4, 0.5) is 11.4 Å². The molecule has 13 heteroatoms. The summed E-state index contributed by atoms with van der Waals surface area (Å²) in [6.45, 7) is 3.16. The van der Waals surface area contributed by atoms with Gasteiger partial charge in [-0.25, -0.2) is 8.42 Å². The number of anilines is 1. The van der Waals surface area contributed by atoms with Crippen molar-refractivity contribution in [3.63, 3.8) is 0 Å². The number of carbonyl (C=O) groups is 2. The lowest BCUT2D eigenvalue weighted by atomic mass is 10.1. The van der Waals surface area contributed by atoms with Gasteiger partial charge in [0.25, 0.3) is 15.7 Å². The SMILES string of the molecule is CCCNC(=O)[C@@H](CC)N(Cc1c(Cl)cccc1Cl)C(=O)CN(c1ccc([N+](=O)[O-])cc1)S(=O)(=O)c1ccccc1. The normalized spacial score (nSPS) is 11.9. The molecule has 2 amide bonds. The molecule has 10 nitrogen and oxygen atoms in total. The summed E-state index contributed by atoms with van der Waals surface area (Å²) < 4.78 is 28.4. The molecular formula is C28H30Cl2N4O6S. The molecule has 0 aliphatic heterocycles. The van der Waals surface area contributed by atoms with Crippen molar-refractivity contribution in [2.24, 2.45) is 0 Å². The van der Waals surface area contributed by atoms with Gasteiger partial charge in [0.05, 0.1) is 15.5 Å².